The molecular weight excluding hydrogens is 406 g/mol. The van der Waals surface area contributed by atoms with E-state index in [2.05, 4.69) is 26.5 Å². The molecule has 31 heavy (non-hydrogen) atoms. The lowest BCUT2D eigenvalue weighted by atomic mass is 10.0. The minimum absolute atomic E-state index is 0.339. The lowest BCUT2D eigenvalue weighted by molar-refractivity contribution is 0.529. The Morgan fingerprint density at radius 3 is 2.97 bits per heavy atom. The van der Waals surface area contributed by atoms with Gasteiger partial charge >= 0.3 is 0 Å². The molecule has 2 aliphatic rings. The van der Waals surface area contributed by atoms with Gasteiger partial charge in [-0.3, -0.25) is 9.67 Å². The van der Waals surface area contributed by atoms with E-state index >= 15 is 0 Å². The first-order valence-electron chi connectivity index (χ1n) is 11.0. The highest BCUT2D eigenvalue weighted by Gasteiger charge is 2.26. The van der Waals surface area contributed by atoms with Crippen molar-refractivity contribution < 1.29 is 0 Å². The third-order valence-corrected chi connectivity index (χ3v) is 7.49. The molecule has 1 saturated heterocycles. The minimum Gasteiger partial charge on any atom is -0.367 e. The molecule has 158 valence electrons. The maximum Gasteiger partial charge on any atom is 0.164 e. The number of aromatic nitrogens is 5. The molecule has 1 fully saturated rings. The standard InChI is InChI=1S/C23H25N7S/c1-29-14-17(12-25-29)30-10-4-6-16(13-30)26-22-20-18-7-2-8-19(18)31-23(20)28-21(27-22)15-5-3-9-24-11-15/h3,5,9,11-12,14,16H,2,4,6-8,10,13H2,1H3,(H,26,27,28). The molecule has 1 atom stereocenters. The van der Waals surface area contributed by atoms with Crippen LogP contribution in [-0.2, 0) is 19.9 Å². The maximum absolute atomic E-state index is 5.03. The first kappa shape index (κ1) is 18.7. The van der Waals surface area contributed by atoms with Crippen LogP contribution in [0.5, 0.6) is 0 Å². The quantitative estimate of drug-likeness (QED) is 0.525. The fraction of sp³-hybridized carbons (Fsp3) is 0.391. The van der Waals surface area contributed by atoms with Gasteiger partial charge in [-0.25, -0.2) is 9.97 Å². The van der Waals surface area contributed by atoms with Crippen LogP contribution in [0, 0.1) is 0 Å². The van der Waals surface area contributed by atoms with Gasteiger partial charge in [0.15, 0.2) is 5.82 Å². The van der Waals surface area contributed by atoms with Crippen molar-refractivity contribution in [3.63, 3.8) is 0 Å². The molecule has 1 aliphatic carbocycles. The predicted molar refractivity (Wildman–Crippen MR) is 125 cm³/mol. The van der Waals surface area contributed by atoms with Crippen molar-refractivity contribution in [1.82, 2.24) is 24.7 Å². The Kier molecular flexibility index (Phi) is 4.60. The van der Waals surface area contributed by atoms with Crippen LogP contribution in [-0.4, -0.2) is 43.9 Å². The smallest absolute Gasteiger partial charge is 0.164 e. The van der Waals surface area contributed by atoms with E-state index in [1.54, 1.807) is 6.20 Å². The monoisotopic (exact) mass is 431 g/mol. The van der Waals surface area contributed by atoms with Crippen LogP contribution in [0.1, 0.15) is 29.7 Å². The van der Waals surface area contributed by atoms with Gasteiger partial charge in [0.2, 0.25) is 0 Å². The first-order valence-corrected chi connectivity index (χ1v) is 11.8. The molecule has 6 rings (SSSR count). The zero-order valence-corrected chi connectivity index (χ0v) is 18.4. The molecule has 7 nitrogen and oxygen atoms in total. The molecule has 1 N–H and O–H groups in total. The maximum atomic E-state index is 5.03. The second-order valence-electron chi connectivity index (χ2n) is 8.48. The highest BCUT2D eigenvalue weighted by molar-refractivity contribution is 7.19. The van der Waals surface area contributed by atoms with E-state index in [-0.39, 0.29) is 0 Å². The molecule has 4 aromatic heterocycles. The number of nitrogens with one attached hydrogen (secondary N) is 1. The van der Waals surface area contributed by atoms with Gasteiger partial charge in [0.25, 0.3) is 0 Å². The van der Waals surface area contributed by atoms with E-state index < -0.39 is 0 Å². The van der Waals surface area contributed by atoms with E-state index in [0.717, 1.165) is 60.8 Å². The number of hydrogen-bond acceptors (Lipinski definition) is 7. The normalized spacial score (nSPS) is 18.5. The summed E-state index contributed by atoms with van der Waals surface area (Å²) in [6.07, 6.45) is 13.5. The molecule has 0 spiro atoms. The average molecular weight is 432 g/mol. The van der Waals surface area contributed by atoms with E-state index in [0.29, 0.717) is 6.04 Å². The number of aryl methyl sites for hydroxylation is 3. The van der Waals surface area contributed by atoms with Crippen molar-refractivity contribution in [1.29, 1.82) is 0 Å². The summed E-state index contributed by atoms with van der Waals surface area (Å²) < 4.78 is 1.87. The topological polar surface area (TPSA) is 71.8 Å². The second-order valence-corrected chi connectivity index (χ2v) is 9.56. The summed E-state index contributed by atoms with van der Waals surface area (Å²) in [4.78, 5) is 19.2. The Bertz CT molecular complexity index is 1230. The van der Waals surface area contributed by atoms with Crippen molar-refractivity contribution >= 4 is 33.1 Å². The largest absolute Gasteiger partial charge is 0.367 e. The molecule has 0 amide bonds. The van der Waals surface area contributed by atoms with Crippen LogP contribution in [0.15, 0.2) is 36.9 Å². The molecule has 8 heteroatoms. The number of fused-ring (bicyclic) bond motifs is 3. The lowest BCUT2D eigenvalue weighted by Gasteiger charge is -2.34. The van der Waals surface area contributed by atoms with Crippen LogP contribution >= 0.6 is 11.3 Å². The van der Waals surface area contributed by atoms with Gasteiger partial charge in [0, 0.05) is 55.2 Å². The molecule has 5 heterocycles. The second kappa shape index (κ2) is 7.60. The molecule has 4 aromatic rings. The van der Waals surface area contributed by atoms with Crippen LogP contribution < -0.4 is 10.2 Å². The summed E-state index contributed by atoms with van der Waals surface area (Å²) in [6, 6.07) is 4.31. The lowest BCUT2D eigenvalue weighted by Crippen LogP contribution is -2.42. The van der Waals surface area contributed by atoms with Gasteiger partial charge in [0.1, 0.15) is 10.6 Å². The number of nitrogens with zero attached hydrogens (tertiary/aromatic N) is 6. The van der Waals surface area contributed by atoms with Gasteiger partial charge in [-0.15, -0.1) is 11.3 Å². The minimum atomic E-state index is 0.339. The predicted octanol–water partition coefficient (Wildman–Crippen LogP) is 4.06. The summed E-state index contributed by atoms with van der Waals surface area (Å²) in [5.41, 5.74) is 3.61. The van der Waals surface area contributed by atoms with E-state index in [1.165, 1.54) is 27.9 Å². The van der Waals surface area contributed by atoms with E-state index in [4.69, 9.17) is 9.97 Å². The average Bonchev–Trinajstić information content (AvgIpc) is 3.50. The van der Waals surface area contributed by atoms with Gasteiger partial charge in [-0.1, -0.05) is 0 Å². The number of rotatable bonds is 4. The molecule has 0 radical (unpaired) electrons. The van der Waals surface area contributed by atoms with Gasteiger partial charge in [-0.2, -0.15) is 5.10 Å². The van der Waals surface area contributed by atoms with Crippen LogP contribution in [0.4, 0.5) is 11.5 Å². The Hall–Kier alpha value is -3.00. The summed E-state index contributed by atoms with van der Waals surface area (Å²) in [6.45, 7) is 2.02. The fourth-order valence-corrected chi connectivity index (χ4v) is 6.08. The molecule has 0 saturated carbocycles. The highest BCUT2D eigenvalue weighted by atomic mass is 32.1. The Labute approximate surface area is 185 Å². The summed E-state index contributed by atoms with van der Waals surface area (Å²) in [5, 5.41) is 9.41. The number of hydrogen-bond donors (Lipinski definition) is 1. The van der Waals surface area contributed by atoms with Crippen molar-refractivity contribution in [3.05, 3.63) is 47.4 Å². The van der Waals surface area contributed by atoms with Gasteiger partial charge in [0.05, 0.1) is 17.3 Å². The highest BCUT2D eigenvalue weighted by Crippen LogP contribution is 2.40. The van der Waals surface area contributed by atoms with Crippen LogP contribution in [0.3, 0.4) is 0 Å². The van der Waals surface area contributed by atoms with Crippen molar-refractivity contribution in [2.24, 2.45) is 7.05 Å². The Morgan fingerprint density at radius 1 is 1.16 bits per heavy atom. The zero-order chi connectivity index (χ0) is 20.8. The SMILES string of the molecule is Cn1cc(N2CCCC(Nc3nc(-c4cccnc4)nc4sc5c(c34)CCC5)C2)cn1. The summed E-state index contributed by atoms with van der Waals surface area (Å²) in [7, 11) is 1.97. The van der Waals surface area contributed by atoms with Gasteiger partial charge < -0.3 is 10.2 Å². The van der Waals surface area contributed by atoms with Crippen molar-refractivity contribution in [3.8, 4) is 11.4 Å². The first-order chi connectivity index (χ1) is 15.2. The molecular formula is C23H25N7S. The fourth-order valence-electron chi connectivity index (χ4n) is 4.82. The van der Waals surface area contributed by atoms with Gasteiger partial charge in [-0.05, 0) is 49.8 Å². The van der Waals surface area contributed by atoms with Crippen molar-refractivity contribution in [2.45, 2.75) is 38.1 Å². The molecule has 1 unspecified atom stereocenters. The van der Waals surface area contributed by atoms with Crippen molar-refractivity contribution in [2.75, 3.05) is 23.3 Å². The summed E-state index contributed by atoms with van der Waals surface area (Å²) in [5.74, 6) is 1.74. The number of piperidine rings is 1. The Balaban J connectivity index is 1.37. The molecule has 1 aliphatic heterocycles. The number of pyridine rings is 1. The van der Waals surface area contributed by atoms with Crippen LogP contribution in [0.25, 0.3) is 21.6 Å². The summed E-state index contributed by atoms with van der Waals surface area (Å²) >= 11 is 1.84. The number of anilines is 2. The molecule has 0 aromatic carbocycles. The third kappa shape index (κ3) is 3.44. The van der Waals surface area contributed by atoms with E-state index in [9.17, 15) is 0 Å². The van der Waals surface area contributed by atoms with Crippen LogP contribution in [0.2, 0.25) is 0 Å². The zero-order valence-electron chi connectivity index (χ0n) is 17.6. The molecule has 0 bridgehead atoms. The third-order valence-electron chi connectivity index (χ3n) is 6.30. The Morgan fingerprint density at radius 2 is 2.13 bits per heavy atom. The number of thiophene rings is 1. The van der Waals surface area contributed by atoms with E-state index in [1.807, 2.05) is 47.6 Å².